The van der Waals surface area contributed by atoms with Gasteiger partial charge in [-0.3, -0.25) is 14.4 Å². The van der Waals surface area contributed by atoms with E-state index in [4.69, 9.17) is 0 Å². The van der Waals surface area contributed by atoms with Gasteiger partial charge >= 0.3 is 0 Å². The first-order chi connectivity index (χ1) is 9.01. The van der Waals surface area contributed by atoms with Crippen molar-refractivity contribution in [2.24, 2.45) is 5.41 Å². The maximum absolute atomic E-state index is 12.5. The molecule has 1 aromatic carbocycles. The van der Waals surface area contributed by atoms with E-state index in [1.807, 2.05) is 18.2 Å². The minimum absolute atomic E-state index is 0.101. The molecule has 0 bridgehead atoms. The zero-order valence-corrected chi connectivity index (χ0v) is 11.4. The zero-order chi connectivity index (χ0) is 14.0. The zero-order valence-electron chi connectivity index (χ0n) is 11.4. The summed E-state index contributed by atoms with van der Waals surface area (Å²) < 4.78 is 0. The third-order valence-corrected chi connectivity index (χ3v) is 4.09. The highest BCUT2D eigenvalue weighted by molar-refractivity contribution is 6.17. The third-order valence-electron chi connectivity index (χ3n) is 4.09. The Hall–Kier alpha value is -1.77. The van der Waals surface area contributed by atoms with Crippen LogP contribution in [0.15, 0.2) is 24.3 Å². The van der Waals surface area contributed by atoms with E-state index in [0.717, 1.165) is 5.56 Å². The fourth-order valence-corrected chi connectivity index (χ4v) is 2.75. The summed E-state index contributed by atoms with van der Waals surface area (Å²) in [4.78, 5) is 36.0. The van der Waals surface area contributed by atoms with Crippen LogP contribution in [-0.4, -0.2) is 17.3 Å². The van der Waals surface area contributed by atoms with Gasteiger partial charge in [-0.2, -0.15) is 0 Å². The average molecular weight is 258 g/mol. The first-order valence-electron chi connectivity index (χ1n) is 6.66. The van der Waals surface area contributed by atoms with Crippen LogP contribution in [0, 0.1) is 5.41 Å². The van der Waals surface area contributed by atoms with Crippen LogP contribution >= 0.6 is 0 Å². The molecule has 0 saturated heterocycles. The number of fused-ring (bicyclic) bond motifs is 1. The minimum atomic E-state index is -1.01. The largest absolute Gasteiger partial charge is 0.300 e. The molecule has 1 atom stereocenters. The summed E-state index contributed by atoms with van der Waals surface area (Å²) in [6.45, 7) is 3.26. The van der Waals surface area contributed by atoms with Crippen molar-refractivity contribution in [1.82, 2.24) is 0 Å². The highest BCUT2D eigenvalue weighted by Gasteiger charge is 2.48. The molecule has 0 saturated carbocycles. The van der Waals surface area contributed by atoms with Crippen molar-refractivity contribution < 1.29 is 14.4 Å². The summed E-state index contributed by atoms with van der Waals surface area (Å²) in [6.07, 6.45) is 1.53. The summed E-state index contributed by atoms with van der Waals surface area (Å²) in [5.74, 6) is -0.138. The number of hydrogen-bond acceptors (Lipinski definition) is 3. The predicted octanol–water partition coefficient (Wildman–Crippen LogP) is 2.76. The molecule has 0 spiro atoms. The molecule has 0 heterocycles. The van der Waals surface area contributed by atoms with E-state index in [9.17, 15) is 14.4 Å². The van der Waals surface area contributed by atoms with Crippen LogP contribution in [0.2, 0.25) is 0 Å². The molecule has 3 heteroatoms. The number of benzene rings is 1. The molecule has 100 valence electrons. The molecule has 3 nitrogen and oxygen atoms in total. The molecule has 0 N–H and O–H groups in total. The molecule has 0 aromatic heterocycles. The Kier molecular flexibility index (Phi) is 3.65. The maximum Gasteiger partial charge on any atom is 0.176 e. The molecule has 1 aliphatic rings. The molecule has 1 unspecified atom stereocenters. The van der Waals surface area contributed by atoms with Crippen molar-refractivity contribution >= 4 is 17.3 Å². The van der Waals surface area contributed by atoms with Gasteiger partial charge in [-0.1, -0.05) is 31.2 Å². The van der Waals surface area contributed by atoms with Gasteiger partial charge in [0.15, 0.2) is 5.78 Å². The lowest BCUT2D eigenvalue weighted by Gasteiger charge is -2.23. The first kappa shape index (κ1) is 13.7. The van der Waals surface area contributed by atoms with Crippen molar-refractivity contribution in [3.05, 3.63) is 35.4 Å². The highest BCUT2D eigenvalue weighted by atomic mass is 16.2. The Labute approximate surface area is 113 Å². The number of carbonyl (C=O) groups is 3. The second-order valence-electron chi connectivity index (χ2n) is 5.19. The standard InChI is InChI=1S/C16H18O3/c1-3-13(18)8-9-16(11(2)17)10-12-6-4-5-7-14(12)15(16)19/h4-7H,3,8-10H2,1-2H3. The normalized spacial score (nSPS) is 21.3. The first-order valence-corrected chi connectivity index (χ1v) is 6.66. The van der Waals surface area contributed by atoms with Gasteiger partial charge < -0.3 is 0 Å². The van der Waals surface area contributed by atoms with Crippen molar-refractivity contribution in [3.8, 4) is 0 Å². The van der Waals surface area contributed by atoms with Crippen LogP contribution < -0.4 is 0 Å². The van der Waals surface area contributed by atoms with Crippen LogP contribution in [0.4, 0.5) is 0 Å². The van der Waals surface area contributed by atoms with E-state index in [1.165, 1.54) is 6.92 Å². The van der Waals surface area contributed by atoms with E-state index >= 15 is 0 Å². The molecule has 0 amide bonds. The van der Waals surface area contributed by atoms with E-state index in [2.05, 4.69) is 0 Å². The molecule has 0 aliphatic heterocycles. The second kappa shape index (κ2) is 5.08. The van der Waals surface area contributed by atoms with Gasteiger partial charge in [0.2, 0.25) is 0 Å². The van der Waals surface area contributed by atoms with Crippen molar-refractivity contribution in [2.45, 2.75) is 39.5 Å². The lowest BCUT2D eigenvalue weighted by atomic mass is 9.75. The van der Waals surface area contributed by atoms with Crippen LogP contribution in [0.25, 0.3) is 0 Å². The van der Waals surface area contributed by atoms with Gasteiger partial charge in [-0.05, 0) is 25.3 Å². The van der Waals surface area contributed by atoms with E-state index in [0.29, 0.717) is 31.2 Å². The molecule has 19 heavy (non-hydrogen) atoms. The molecule has 1 aliphatic carbocycles. The molecular weight excluding hydrogens is 240 g/mol. The van der Waals surface area contributed by atoms with Gasteiger partial charge in [-0.15, -0.1) is 0 Å². The Morgan fingerprint density at radius 2 is 1.95 bits per heavy atom. The SMILES string of the molecule is CCC(=O)CCC1(C(C)=O)Cc2ccccc2C1=O. The van der Waals surface area contributed by atoms with Crippen LogP contribution in [-0.2, 0) is 16.0 Å². The lowest BCUT2D eigenvalue weighted by molar-refractivity contribution is -0.125. The fraction of sp³-hybridized carbons (Fsp3) is 0.438. The topological polar surface area (TPSA) is 51.2 Å². The summed E-state index contributed by atoms with van der Waals surface area (Å²) in [5, 5.41) is 0. The molecule has 1 aromatic rings. The molecular formula is C16H18O3. The van der Waals surface area contributed by atoms with E-state index < -0.39 is 5.41 Å². The quantitative estimate of drug-likeness (QED) is 0.763. The Bertz CT molecular complexity index is 545. The van der Waals surface area contributed by atoms with Gasteiger partial charge in [0.1, 0.15) is 11.6 Å². The lowest BCUT2D eigenvalue weighted by Crippen LogP contribution is -2.36. The smallest absolute Gasteiger partial charge is 0.176 e. The fourth-order valence-electron chi connectivity index (χ4n) is 2.75. The van der Waals surface area contributed by atoms with Crippen LogP contribution in [0.3, 0.4) is 0 Å². The molecule has 0 fully saturated rings. The van der Waals surface area contributed by atoms with Crippen molar-refractivity contribution in [1.29, 1.82) is 0 Å². The number of rotatable bonds is 5. The summed E-state index contributed by atoms with van der Waals surface area (Å²) in [5.41, 5.74) is 0.558. The molecule has 0 radical (unpaired) electrons. The predicted molar refractivity (Wildman–Crippen MR) is 72.1 cm³/mol. The van der Waals surface area contributed by atoms with Gasteiger partial charge in [0, 0.05) is 18.4 Å². The number of ketones is 3. The minimum Gasteiger partial charge on any atom is -0.300 e. The summed E-state index contributed by atoms with van der Waals surface area (Å²) >= 11 is 0. The maximum atomic E-state index is 12.5. The molecule has 2 rings (SSSR count). The number of carbonyl (C=O) groups excluding carboxylic acids is 3. The van der Waals surface area contributed by atoms with E-state index in [-0.39, 0.29) is 17.3 Å². The van der Waals surface area contributed by atoms with Gasteiger partial charge in [-0.25, -0.2) is 0 Å². The summed E-state index contributed by atoms with van der Waals surface area (Å²) in [7, 11) is 0. The van der Waals surface area contributed by atoms with Crippen molar-refractivity contribution in [2.75, 3.05) is 0 Å². The Balaban J connectivity index is 2.31. The van der Waals surface area contributed by atoms with Crippen LogP contribution in [0.1, 0.15) is 49.0 Å². The number of hydrogen-bond donors (Lipinski definition) is 0. The third kappa shape index (κ3) is 2.25. The van der Waals surface area contributed by atoms with E-state index in [1.54, 1.807) is 13.0 Å². The van der Waals surface area contributed by atoms with Crippen LogP contribution in [0.5, 0.6) is 0 Å². The van der Waals surface area contributed by atoms with Crippen molar-refractivity contribution in [3.63, 3.8) is 0 Å². The Morgan fingerprint density at radius 1 is 1.26 bits per heavy atom. The highest BCUT2D eigenvalue weighted by Crippen LogP contribution is 2.41. The van der Waals surface area contributed by atoms with Gasteiger partial charge in [0.25, 0.3) is 0 Å². The monoisotopic (exact) mass is 258 g/mol. The second-order valence-corrected chi connectivity index (χ2v) is 5.19. The Morgan fingerprint density at radius 3 is 2.53 bits per heavy atom. The average Bonchev–Trinajstić information content (AvgIpc) is 2.71. The summed E-state index contributed by atoms with van der Waals surface area (Å²) in [6, 6.07) is 7.34. The number of Topliss-reactive ketones (excluding diaryl/α,β-unsaturated/α-hetero) is 3. The van der Waals surface area contributed by atoms with Gasteiger partial charge in [0.05, 0.1) is 5.41 Å².